The number of oxazole rings is 2. The Kier molecular flexibility index (Phi) is 6.96. The van der Waals surface area contributed by atoms with Crippen LogP contribution >= 0.6 is 0 Å². The van der Waals surface area contributed by atoms with Crippen LogP contribution in [0.3, 0.4) is 0 Å². The number of hydrogen-bond donors (Lipinski definition) is 2. The molecule has 0 bridgehead atoms. The number of rotatable bonds is 2. The van der Waals surface area contributed by atoms with Crippen molar-refractivity contribution < 1.29 is 38.5 Å². The van der Waals surface area contributed by atoms with Crippen molar-refractivity contribution in [2.24, 2.45) is 0 Å². The fraction of sp³-hybridized carbons (Fsp3) is 0. The van der Waals surface area contributed by atoms with Crippen LogP contribution in [0.2, 0.25) is 0 Å². The van der Waals surface area contributed by atoms with E-state index in [-0.39, 0.29) is 31.0 Å². The molecule has 7 heteroatoms. The zero-order valence-corrected chi connectivity index (χ0v) is 24.8. The first-order chi connectivity index (χ1) is 19.6. The van der Waals surface area contributed by atoms with Crippen molar-refractivity contribution in [3.63, 3.8) is 0 Å². The molecule has 6 aromatic carbocycles. The monoisotopic (exact) mass is 586 g/mol. The molecular formula is C34H22N2O4Zn. The number of para-hydroxylation sites is 4. The van der Waals surface area contributed by atoms with Gasteiger partial charge >= 0.3 is 0 Å². The zero-order chi connectivity index (χ0) is 27.1. The molecule has 194 valence electrons. The van der Waals surface area contributed by atoms with Gasteiger partial charge < -0.3 is 19.0 Å². The summed E-state index contributed by atoms with van der Waals surface area (Å²) in [5, 5.41) is 24.4. The van der Waals surface area contributed by atoms with E-state index >= 15 is 0 Å². The molecule has 0 saturated heterocycles. The fourth-order valence-electron chi connectivity index (χ4n) is 4.77. The second kappa shape index (κ2) is 10.9. The van der Waals surface area contributed by atoms with E-state index < -0.39 is 0 Å². The van der Waals surface area contributed by atoms with Gasteiger partial charge in [-0.3, -0.25) is 0 Å². The van der Waals surface area contributed by atoms with Crippen molar-refractivity contribution in [1.29, 1.82) is 0 Å². The smallest absolute Gasteiger partial charge is 0.231 e. The molecule has 6 nitrogen and oxygen atoms in total. The van der Waals surface area contributed by atoms with Gasteiger partial charge in [0.2, 0.25) is 11.8 Å². The van der Waals surface area contributed by atoms with Gasteiger partial charge in [-0.15, -0.1) is 0 Å². The molecule has 0 aliphatic rings. The van der Waals surface area contributed by atoms with Crippen LogP contribution in [0, 0.1) is 0 Å². The van der Waals surface area contributed by atoms with E-state index in [1.165, 1.54) is 0 Å². The van der Waals surface area contributed by atoms with E-state index in [4.69, 9.17) is 8.83 Å². The van der Waals surface area contributed by atoms with Crippen molar-refractivity contribution in [2.45, 2.75) is 0 Å². The molecule has 0 radical (unpaired) electrons. The molecule has 2 aromatic heterocycles. The van der Waals surface area contributed by atoms with Crippen LogP contribution in [-0.4, -0.2) is 20.2 Å². The Morgan fingerprint density at radius 1 is 0.439 bits per heavy atom. The summed E-state index contributed by atoms with van der Waals surface area (Å²) in [6, 6.07) is 38.2. The maximum Gasteiger partial charge on any atom is 0.231 e. The van der Waals surface area contributed by atoms with Crippen LogP contribution in [0.4, 0.5) is 0 Å². The number of aromatic nitrogens is 2. The summed E-state index contributed by atoms with van der Waals surface area (Å²) in [7, 11) is 0. The summed E-state index contributed by atoms with van der Waals surface area (Å²) in [6.45, 7) is 0. The van der Waals surface area contributed by atoms with E-state index in [0.717, 1.165) is 43.7 Å². The molecule has 41 heavy (non-hydrogen) atoms. The summed E-state index contributed by atoms with van der Waals surface area (Å²) in [5.74, 6) is 1.23. The number of phenols is 2. The minimum atomic E-state index is 0. The molecule has 8 aromatic rings. The largest absolute Gasteiger partial charge is 0.507 e. The van der Waals surface area contributed by atoms with Crippen LogP contribution < -0.4 is 0 Å². The molecule has 0 unspecified atom stereocenters. The standard InChI is InChI=1S/2C17H11NO2.Zn/c2*19-15-10-12-6-2-1-5-11(12)9-13(15)17-18-14-7-3-4-8-16(14)20-17;/h2*1-10,19H;. The molecule has 0 atom stereocenters. The molecule has 2 N–H and O–H groups in total. The van der Waals surface area contributed by atoms with Gasteiger partial charge in [0.1, 0.15) is 22.5 Å². The van der Waals surface area contributed by atoms with E-state index in [0.29, 0.717) is 22.9 Å². The van der Waals surface area contributed by atoms with Gasteiger partial charge in [-0.1, -0.05) is 72.8 Å². The second-order valence-corrected chi connectivity index (χ2v) is 9.41. The molecule has 8 rings (SSSR count). The Labute approximate surface area is 247 Å². The predicted octanol–water partition coefficient (Wildman–Crippen LogP) is 8.70. The normalized spacial score (nSPS) is 10.9. The van der Waals surface area contributed by atoms with Crippen LogP contribution in [0.5, 0.6) is 11.5 Å². The molecule has 0 amide bonds. The third-order valence-electron chi connectivity index (χ3n) is 6.78. The minimum absolute atomic E-state index is 0. The van der Waals surface area contributed by atoms with E-state index in [1.807, 2.05) is 109 Å². The van der Waals surface area contributed by atoms with E-state index in [1.54, 1.807) is 12.1 Å². The number of fused-ring (bicyclic) bond motifs is 4. The zero-order valence-electron chi connectivity index (χ0n) is 21.9. The minimum Gasteiger partial charge on any atom is -0.507 e. The quantitative estimate of drug-likeness (QED) is 0.197. The summed E-state index contributed by atoms with van der Waals surface area (Å²) < 4.78 is 11.4. The summed E-state index contributed by atoms with van der Waals surface area (Å²) >= 11 is 0. The molecule has 0 spiro atoms. The van der Waals surface area contributed by atoms with Crippen LogP contribution in [0.1, 0.15) is 0 Å². The molecule has 0 fully saturated rings. The van der Waals surface area contributed by atoms with Gasteiger partial charge in [-0.05, 0) is 70.1 Å². The van der Waals surface area contributed by atoms with Gasteiger partial charge in [-0.25, -0.2) is 9.97 Å². The number of benzene rings is 6. The van der Waals surface area contributed by atoms with Crippen molar-refractivity contribution >= 4 is 43.7 Å². The molecule has 0 aliphatic heterocycles. The maximum absolute atomic E-state index is 10.2. The third-order valence-corrected chi connectivity index (χ3v) is 6.78. The Bertz CT molecular complexity index is 1950. The number of nitrogens with zero attached hydrogens (tertiary/aromatic N) is 2. The number of hydrogen-bond acceptors (Lipinski definition) is 6. The topological polar surface area (TPSA) is 92.5 Å². The SMILES string of the molecule is Oc1cc2ccccc2cc1-c1nc2ccccc2o1.Oc1cc2ccccc2cc1-c1nc2ccccc2o1.[Zn]. The van der Waals surface area contributed by atoms with Gasteiger partial charge in [0.05, 0.1) is 11.1 Å². The van der Waals surface area contributed by atoms with Crippen LogP contribution in [0.25, 0.3) is 66.7 Å². The first kappa shape index (κ1) is 26.2. The van der Waals surface area contributed by atoms with Crippen molar-refractivity contribution in [2.75, 3.05) is 0 Å². The Hall–Kier alpha value is -5.00. The summed E-state index contributed by atoms with van der Waals surface area (Å²) in [6.07, 6.45) is 0. The van der Waals surface area contributed by atoms with Gasteiger partial charge in [0.25, 0.3) is 0 Å². The first-order valence-corrected chi connectivity index (χ1v) is 12.8. The summed E-state index contributed by atoms with van der Waals surface area (Å²) in [4.78, 5) is 8.85. The van der Waals surface area contributed by atoms with Gasteiger partial charge in [-0.2, -0.15) is 0 Å². The molecular weight excluding hydrogens is 566 g/mol. The van der Waals surface area contributed by atoms with Crippen molar-refractivity contribution in [3.05, 3.63) is 121 Å². The van der Waals surface area contributed by atoms with Crippen molar-refractivity contribution in [1.82, 2.24) is 9.97 Å². The Balaban J connectivity index is 0.000000144. The van der Waals surface area contributed by atoms with Crippen LogP contribution in [0.15, 0.2) is 130 Å². The van der Waals surface area contributed by atoms with Gasteiger partial charge in [0, 0.05) is 19.5 Å². The predicted molar refractivity (Wildman–Crippen MR) is 157 cm³/mol. The molecule has 0 saturated carbocycles. The van der Waals surface area contributed by atoms with Crippen LogP contribution in [-0.2, 0) is 19.5 Å². The van der Waals surface area contributed by atoms with E-state index in [9.17, 15) is 10.2 Å². The average Bonchev–Trinajstić information content (AvgIpc) is 3.61. The number of phenolic OH excluding ortho intramolecular Hbond substituents is 2. The fourth-order valence-corrected chi connectivity index (χ4v) is 4.77. The number of aromatic hydroxyl groups is 2. The van der Waals surface area contributed by atoms with Gasteiger partial charge in [0.15, 0.2) is 11.2 Å². The third kappa shape index (κ3) is 5.04. The maximum atomic E-state index is 10.2. The molecule has 0 aliphatic carbocycles. The Morgan fingerprint density at radius 2 is 0.780 bits per heavy atom. The van der Waals surface area contributed by atoms with E-state index in [2.05, 4.69) is 9.97 Å². The first-order valence-electron chi connectivity index (χ1n) is 12.8. The average molecular weight is 588 g/mol. The Morgan fingerprint density at radius 3 is 1.17 bits per heavy atom. The second-order valence-electron chi connectivity index (χ2n) is 9.41. The van der Waals surface area contributed by atoms with Crippen molar-refractivity contribution in [3.8, 4) is 34.4 Å². The summed E-state index contributed by atoms with van der Waals surface area (Å²) in [5.41, 5.74) is 4.23. The molecule has 2 heterocycles.